The number of furan rings is 1. The summed E-state index contributed by atoms with van der Waals surface area (Å²) in [5.74, 6) is 3.22. The normalized spacial score (nSPS) is 14.1. The highest BCUT2D eigenvalue weighted by Gasteiger charge is 2.17. The topological polar surface area (TPSA) is 102 Å². The summed E-state index contributed by atoms with van der Waals surface area (Å²) in [6.45, 7) is 4.38. The van der Waals surface area contributed by atoms with Crippen LogP contribution in [0.1, 0.15) is 29.8 Å². The Morgan fingerprint density at radius 2 is 2.08 bits per heavy atom. The number of rotatable bonds is 5. The molecule has 4 heterocycles. The molecule has 1 aliphatic heterocycles. The molecule has 2 N–H and O–H groups in total. The van der Waals surface area contributed by atoms with E-state index in [4.69, 9.17) is 13.9 Å². The van der Waals surface area contributed by atoms with Crippen LogP contribution in [-0.4, -0.2) is 33.2 Å². The minimum Gasteiger partial charge on any atom is -0.459 e. The lowest BCUT2D eigenvalue weighted by Crippen LogP contribution is -2.16. The molecular weight excluding hydrogens is 320 g/mol. The van der Waals surface area contributed by atoms with Crippen LogP contribution in [0.25, 0.3) is 11.7 Å². The van der Waals surface area contributed by atoms with Gasteiger partial charge < -0.3 is 19.6 Å². The van der Waals surface area contributed by atoms with Gasteiger partial charge in [0, 0.05) is 24.9 Å². The molecule has 0 radical (unpaired) electrons. The fraction of sp³-hybridized carbons (Fsp3) is 0.412. The first kappa shape index (κ1) is 15.8. The minimum absolute atomic E-state index is 0.377. The van der Waals surface area contributed by atoms with E-state index in [9.17, 15) is 0 Å². The fourth-order valence-electron chi connectivity index (χ4n) is 2.89. The molecule has 0 aliphatic carbocycles. The Balaban J connectivity index is 1.54. The maximum atomic E-state index is 5.27. The van der Waals surface area contributed by atoms with Gasteiger partial charge in [0.2, 0.25) is 0 Å². The summed E-state index contributed by atoms with van der Waals surface area (Å²) in [6, 6.07) is 3.57. The maximum Gasteiger partial charge on any atom is 0.293 e. The van der Waals surface area contributed by atoms with Gasteiger partial charge in [-0.2, -0.15) is 4.98 Å². The largest absolute Gasteiger partial charge is 0.459 e. The van der Waals surface area contributed by atoms with Crippen LogP contribution < -0.4 is 10.6 Å². The molecule has 0 amide bonds. The molecule has 0 saturated carbocycles. The van der Waals surface area contributed by atoms with Crippen LogP contribution in [-0.2, 0) is 25.8 Å². The summed E-state index contributed by atoms with van der Waals surface area (Å²) >= 11 is 0. The van der Waals surface area contributed by atoms with Crippen LogP contribution in [0.15, 0.2) is 27.3 Å². The van der Waals surface area contributed by atoms with Crippen LogP contribution in [0.5, 0.6) is 0 Å². The van der Waals surface area contributed by atoms with Crippen LogP contribution >= 0.6 is 0 Å². The third kappa shape index (κ3) is 3.39. The van der Waals surface area contributed by atoms with E-state index >= 15 is 0 Å². The average Bonchev–Trinajstić information content (AvgIpc) is 3.27. The predicted molar refractivity (Wildman–Crippen MR) is 91.0 cm³/mol. The molecule has 25 heavy (non-hydrogen) atoms. The van der Waals surface area contributed by atoms with Crippen molar-refractivity contribution in [2.45, 2.75) is 32.7 Å². The van der Waals surface area contributed by atoms with E-state index in [1.165, 1.54) is 5.56 Å². The number of aromatic nitrogens is 4. The van der Waals surface area contributed by atoms with E-state index in [0.29, 0.717) is 24.0 Å². The lowest BCUT2D eigenvalue weighted by Gasteiger charge is -2.13. The van der Waals surface area contributed by atoms with Crippen molar-refractivity contribution in [3.63, 3.8) is 0 Å². The fourth-order valence-corrected chi connectivity index (χ4v) is 2.89. The highest BCUT2D eigenvalue weighted by atomic mass is 16.5. The van der Waals surface area contributed by atoms with E-state index in [1.54, 1.807) is 18.4 Å². The lowest BCUT2D eigenvalue weighted by molar-refractivity contribution is 0.410. The zero-order chi connectivity index (χ0) is 17.1. The van der Waals surface area contributed by atoms with Crippen molar-refractivity contribution in [2.75, 3.05) is 18.4 Å². The summed E-state index contributed by atoms with van der Waals surface area (Å²) in [5.41, 5.74) is 2.31. The number of nitrogens with zero attached hydrogens (tertiary/aromatic N) is 4. The van der Waals surface area contributed by atoms with Crippen molar-refractivity contribution in [2.24, 2.45) is 0 Å². The molecule has 3 aromatic heterocycles. The number of anilines is 1. The van der Waals surface area contributed by atoms with Crippen LogP contribution in [0, 0.1) is 0 Å². The van der Waals surface area contributed by atoms with Crippen molar-refractivity contribution >= 4 is 5.82 Å². The first-order valence-electron chi connectivity index (χ1n) is 8.53. The molecular formula is C17H20N6O2. The number of nitrogens with one attached hydrogen (secondary N) is 2. The quantitative estimate of drug-likeness (QED) is 0.727. The third-order valence-electron chi connectivity index (χ3n) is 4.16. The molecule has 3 aromatic rings. The Kier molecular flexibility index (Phi) is 4.43. The van der Waals surface area contributed by atoms with Crippen molar-refractivity contribution < 1.29 is 8.94 Å². The SMILES string of the molecule is CCc1nc2c(c(NCc3noc(-c4ccco4)n3)n1)CCNCC2. The van der Waals surface area contributed by atoms with E-state index in [-0.39, 0.29) is 0 Å². The summed E-state index contributed by atoms with van der Waals surface area (Å²) < 4.78 is 10.5. The Bertz CT molecular complexity index is 843. The number of fused-ring (bicyclic) bond motifs is 1. The molecule has 1 aliphatic rings. The number of hydrogen-bond acceptors (Lipinski definition) is 8. The molecule has 4 rings (SSSR count). The summed E-state index contributed by atoms with van der Waals surface area (Å²) in [5, 5.41) is 10.8. The smallest absolute Gasteiger partial charge is 0.293 e. The van der Waals surface area contributed by atoms with Gasteiger partial charge in [0.15, 0.2) is 11.6 Å². The van der Waals surface area contributed by atoms with Crippen molar-refractivity contribution in [1.82, 2.24) is 25.4 Å². The molecule has 0 fully saturated rings. The van der Waals surface area contributed by atoms with Gasteiger partial charge in [0.1, 0.15) is 11.6 Å². The first-order chi connectivity index (χ1) is 12.3. The van der Waals surface area contributed by atoms with Crippen LogP contribution in [0.3, 0.4) is 0 Å². The van der Waals surface area contributed by atoms with Gasteiger partial charge in [0.05, 0.1) is 18.5 Å². The molecule has 8 nitrogen and oxygen atoms in total. The van der Waals surface area contributed by atoms with E-state index in [0.717, 1.165) is 49.7 Å². The Labute approximate surface area is 145 Å². The highest BCUT2D eigenvalue weighted by Crippen LogP contribution is 2.21. The monoisotopic (exact) mass is 340 g/mol. The van der Waals surface area contributed by atoms with Gasteiger partial charge >= 0.3 is 0 Å². The summed E-state index contributed by atoms with van der Waals surface area (Å²) in [7, 11) is 0. The first-order valence-corrected chi connectivity index (χ1v) is 8.53. The third-order valence-corrected chi connectivity index (χ3v) is 4.16. The molecule has 0 atom stereocenters. The Hall–Kier alpha value is -2.74. The molecule has 0 spiro atoms. The lowest BCUT2D eigenvalue weighted by atomic mass is 10.1. The molecule has 0 aromatic carbocycles. The van der Waals surface area contributed by atoms with Crippen molar-refractivity contribution in [3.8, 4) is 11.7 Å². The van der Waals surface area contributed by atoms with Crippen molar-refractivity contribution in [3.05, 3.63) is 41.3 Å². The Morgan fingerprint density at radius 1 is 1.16 bits per heavy atom. The maximum absolute atomic E-state index is 5.27. The predicted octanol–water partition coefficient (Wildman–Crippen LogP) is 1.98. The van der Waals surface area contributed by atoms with Crippen LogP contribution in [0.4, 0.5) is 5.82 Å². The van der Waals surface area contributed by atoms with Gasteiger partial charge in [-0.3, -0.25) is 0 Å². The Morgan fingerprint density at radius 3 is 2.92 bits per heavy atom. The second-order valence-electron chi connectivity index (χ2n) is 5.86. The summed E-state index contributed by atoms with van der Waals surface area (Å²) in [6.07, 6.45) is 4.21. The van der Waals surface area contributed by atoms with Gasteiger partial charge in [-0.1, -0.05) is 12.1 Å². The van der Waals surface area contributed by atoms with E-state index in [1.807, 2.05) is 0 Å². The molecule has 8 heteroatoms. The van der Waals surface area contributed by atoms with Crippen molar-refractivity contribution in [1.29, 1.82) is 0 Å². The van der Waals surface area contributed by atoms with Gasteiger partial charge in [0.25, 0.3) is 5.89 Å². The molecule has 0 unspecified atom stereocenters. The van der Waals surface area contributed by atoms with E-state index in [2.05, 4.69) is 32.7 Å². The molecule has 0 saturated heterocycles. The number of aryl methyl sites for hydroxylation is 1. The van der Waals surface area contributed by atoms with Gasteiger partial charge in [-0.25, -0.2) is 9.97 Å². The second-order valence-corrected chi connectivity index (χ2v) is 5.86. The zero-order valence-electron chi connectivity index (χ0n) is 14.1. The number of hydrogen-bond donors (Lipinski definition) is 2. The van der Waals surface area contributed by atoms with Gasteiger partial charge in [-0.15, -0.1) is 0 Å². The van der Waals surface area contributed by atoms with E-state index < -0.39 is 0 Å². The average molecular weight is 340 g/mol. The zero-order valence-corrected chi connectivity index (χ0v) is 14.1. The minimum atomic E-state index is 0.377. The highest BCUT2D eigenvalue weighted by molar-refractivity contribution is 5.48. The standard InChI is InChI=1S/C17H20N6O2/c1-2-14-20-12-6-8-18-7-5-11(12)16(21-14)19-10-15-22-17(25-23-15)13-4-3-9-24-13/h3-4,9,18H,2,5-8,10H2,1H3,(H,19,20,21). The summed E-state index contributed by atoms with van der Waals surface area (Å²) in [4.78, 5) is 13.7. The molecule has 0 bridgehead atoms. The van der Waals surface area contributed by atoms with Crippen LogP contribution in [0.2, 0.25) is 0 Å². The second kappa shape index (κ2) is 7.02. The molecule has 130 valence electrons. The van der Waals surface area contributed by atoms with Gasteiger partial charge in [-0.05, 0) is 25.1 Å².